The highest BCUT2D eigenvalue weighted by Crippen LogP contribution is 2.30. The molecule has 3 aromatic rings. The van der Waals surface area contributed by atoms with Crippen LogP contribution in [0.15, 0.2) is 47.0 Å². The van der Waals surface area contributed by atoms with Gasteiger partial charge in [0, 0.05) is 16.3 Å². The van der Waals surface area contributed by atoms with E-state index < -0.39 is 0 Å². The van der Waals surface area contributed by atoms with Crippen molar-refractivity contribution in [2.75, 3.05) is 5.73 Å². The number of fused-ring (bicyclic) bond motifs is 1. The maximum absolute atomic E-state index is 5.97. The zero-order valence-corrected chi connectivity index (χ0v) is 9.61. The molecule has 0 unspecified atom stereocenters. The lowest BCUT2D eigenvalue weighted by Crippen LogP contribution is -1.85. The second-order valence-electron chi connectivity index (χ2n) is 3.80. The molecule has 2 aromatic carbocycles. The maximum atomic E-state index is 5.97. The van der Waals surface area contributed by atoms with Gasteiger partial charge in [-0.2, -0.15) is 0 Å². The van der Waals surface area contributed by atoms with Gasteiger partial charge in [-0.05, 0) is 30.3 Å². The van der Waals surface area contributed by atoms with Crippen molar-refractivity contribution in [2.24, 2.45) is 0 Å². The van der Waals surface area contributed by atoms with Crippen molar-refractivity contribution < 1.29 is 4.52 Å². The van der Waals surface area contributed by atoms with Crippen molar-refractivity contribution >= 4 is 28.3 Å². The first-order chi connectivity index (χ1) is 8.24. The third kappa shape index (κ3) is 1.74. The largest absolute Gasteiger partial charge is 0.399 e. The highest BCUT2D eigenvalue weighted by atomic mass is 35.5. The second kappa shape index (κ2) is 3.79. The smallest absolute Gasteiger partial charge is 0.167 e. The fourth-order valence-electron chi connectivity index (χ4n) is 1.81. The highest BCUT2D eigenvalue weighted by Gasteiger charge is 2.10. The molecule has 4 heteroatoms. The molecule has 0 aliphatic heterocycles. The van der Waals surface area contributed by atoms with Crippen LogP contribution in [0, 0.1) is 0 Å². The second-order valence-corrected chi connectivity index (χ2v) is 4.23. The van der Waals surface area contributed by atoms with Gasteiger partial charge in [0.2, 0.25) is 0 Å². The van der Waals surface area contributed by atoms with Gasteiger partial charge in [0.25, 0.3) is 0 Å². The number of nitrogen functional groups attached to an aromatic ring is 1. The molecule has 0 saturated carbocycles. The zero-order chi connectivity index (χ0) is 11.8. The molecule has 17 heavy (non-hydrogen) atoms. The molecular formula is C13H9ClN2O. The van der Waals surface area contributed by atoms with Crippen LogP contribution in [0.1, 0.15) is 0 Å². The summed E-state index contributed by atoms with van der Waals surface area (Å²) < 4.78 is 5.25. The number of hydrogen-bond acceptors (Lipinski definition) is 3. The predicted octanol–water partition coefficient (Wildman–Crippen LogP) is 3.73. The normalized spacial score (nSPS) is 10.9. The molecule has 0 amide bonds. The van der Waals surface area contributed by atoms with E-state index in [1.807, 2.05) is 30.3 Å². The number of rotatable bonds is 1. The Morgan fingerprint density at radius 2 is 2.00 bits per heavy atom. The Morgan fingerprint density at radius 3 is 2.82 bits per heavy atom. The number of anilines is 1. The first kappa shape index (κ1) is 10.2. The number of nitrogens with zero attached hydrogens (tertiary/aromatic N) is 1. The van der Waals surface area contributed by atoms with Crippen molar-refractivity contribution in [3.05, 3.63) is 47.5 Å². The monoisotopic (exact) mass is 244 g/mol. The minimum atomic E-state index is 0.658. The van der Waals surface area contributed by atoms with Crippen LogP contribution in [0.3, 0.4) is 0 Å². The number of hydrogen-bond donors (Lipinski definition) is 1. The molecule has 2 N–H and O–H groups in total. The van der Waals surface area contributed by atoms with Crippen LogP contribution in [0.5, 0.6) is 0 Å². The average Bonchev–Trinajstić information content (AvgIpc) is 2.71. The van der Waals surface area contributed by atoms with Gasteiger partial charge >= 0.3 is 0 Å². The lowest BCUT2D eigenvalue weighted by Gasteiger charge is -1.98. The van der Waals surface area contributed by atoms with E-state index in [1.54, 1.807) is 12.1 Å². The minimum absolute atomic E-state index is 0.658. The number of halogens is 1. The molecule has 0 aliphatic rings. The zero-order valence-electron chi connectivity index (χ0n) is 8.85. The summed E-state index contributed by atoms with van der Waals surface area (Å²) in [6.45, 7) is 0. The van der Waals surface area contributed by atoms with Crippen molar-refractivity contribution in [1.82, 2.24) is 5.16 Å². The van der Waals surface area contributed by atoms with Crippen LogP contribution in [0.4, 0.5) is 5.69 Å². The SMILES string of the molecule is Nc1cccc(-c2noc3ccc(Cl)cc23)c1. The Bertz CT molecular complexity index is 691. The fourth-order valence-corrected chi connectivity index (χ4v) is 1.98. The van der Waals surface area contributed by atoms with E-state index in [0.29, 0.717) is 16.3 Å². The Balaban J connectivity index is 2.27. The summed E-state index contributed by atoms with van der Waals surface area (Å²) in [6.07, 6.45) is 0. The van der Waals surface area contributed by atoms with Crippen molar-refractivity contribution in [3.63, 3.8) is 0 Å². The van der Waals surface area contributed by atoms with Gasteiger partial charge in [0.15, 0.2) is 5.58 Å². The standard InChI is InChI=1S/C13H9ClN2O/c14-9-4-5-12-11(7-9)13(16-17-12)8-2-1-3-10(15)6-8/h1-7H,15H2. The quantitative estimate of drug-likeness (QED) is 0.664. The minimum Gasteiger partial charge on any atom is -0.399 e. The van der Waals surface area contributed by atoms with E-state index in [1.165, 1.54) is 0 Å². The number of benzene rings is 2. The molecule has 0 radical (unpaired) electrons. The molecule has 0 atom stereocenters. The van der Waals surface area contributed by atoms with Crippen molar-refractivity contribution in [1.29, 1.82) is 0 Å². The first-order valence-electron chi connectivity index (χ1n) is 5.15. The number of nitrogens with two attached hydrogens (primary N) is 1. The molecular weight excluding hydrogens is 236 g/mol. The molecule has 0 spiro atoms. The molecule has 0 fully saturated rings. The van der Waals surface area contributed by atoms with E-state index in [0.717, 1.165) is 16.6 Å². The van der Waals surface area contributed by atoms with Crippen LogP contribution in [-0.2, 0) is 0 Å². The van der Waals surface area contributed by atoms with Crippen LogP contribution in [0.25, 0.3) is 22.2 Å². The van der Waals surface area contributed by atoms with Crippen LogP contribution in [0.2, 0.25) is 5.02 Å². The molecule has 0 aliphatic carbocycles. The van der Waals surface area contributed by atoms with Crippen LogP contribution < -0.4 is 5.73 Å². The fraction of sp³-hybridized carbons (Fsp3) is 0. The number of aromatic nitrogens is 1. The molecule has 84 valence electrons. The van der Waals surface area contributed by atoms with Gasteiger partial charge < -0.3 is 10.3 Å². The molecule has 3 nitrogen and oxygen atoms in total. The Kier molecular flexibility index (Phi) is 2.27. The molecule has 0 bridgehead atoms. The van der Waals surface area contributed by atoms with Gasteiger partial charge in [-0.15, -0.1) is 0 Å². The third-order valence-corrected chi connectivity index (χ3v) is 2.83. The summed E-state index contributed by atoms with van der Waals surface area (Å²) in [5.41, 5.74) is 8.85. The van der Waals surface area contributed by atoms with Crippen molar-refractivity contribution in [3.8, 4) is 11.3 Å². The summed E-state index contributed by atoms with van der Waals surface area (Å²) in [6, 6.07) is 12.9. The maximum Gasteiger partial charge on any atom is 0.167 e. The third-order valence-electron chi connectivity index (χ3n) is 2.59. The lowest BCUT2D eigenvalue weighted by atomic mass is 10.1. The van der Waals surface area contributed by atoms with E-state index in [4.69, 9.17) is 21.9 Å². The Morgan fingerprint density at radius 1 is 1.12 bits per heavy atom. The summed E-state index contributed by atoms with van der Waals surface area (Å²) in [5, 5.41) is 5.61. The van der Waals surface area contributed by atoms with Gasteiger partial charge in [-0.25, -0.2) is 0 Å². The first-order valence-corrected chi connectivity index (χ1v) is 5.53. The lowest BCUT2D eigenvalue weighted by molar-refractivity contribution is 0.459. The topological polar surface area (TPSA) is 52.0 Å². The highest BCUT2D eigenvalue weighted by molar-refractivity contribution is 6.31. The summed E-state index contributed by atoms with van der Waals surface area (Å²) >= 11 is 5.97. The Labute approximate surface area is 103 Å². The van der Waals surface area contributed by atoms with E-state index in [9.17, 15) is 0 Å². The van der Waals surface area contributed by atoms with E-state index in [2.05, 4.69) is 5.16 Å². The molecule has 3 rings (SSSR count). The average molecular weight is 245 g/mol. The molecule has 1 heterocycles. The molecule has 0 saturated heterocycles. The van der Waals surface area contributed by atoms with Gasteiger partial charge in [-0.1, -0.05) is 28.9 Å². The molecule has 1 aromatic heterocycles. The van der Waals surface area contributed by atoms with Crippen molar-refractivity contribution in [2.45, 2.75) is 0 Å². The van der Waals surface area contributed by atoms with E-state index in [-0.39, 0.29) is 0 Å². The summed E-state index contributed by atoms with van der Waals surface area (Å²) in [7, 11) is 0. The van der Waals surface area contributed by atoms with Crippen LogP contribution >= 0.6 is 11.6 Å². The van der Waals surface area contributed by atoms with Gasteiger partial charge in [0.1, 0.15) is 5.69 Å². The predicted molar refractivity (Wildman–Crippen MR) is 68.9 cm³/mol. The summed E-state index contributed by atoms with van der Waals surface area (Å²) in [4.78, 5) is 0. The van der Waals surface area contributed by atoms with Gasteiger partial charge in [0.05, 0.1) is 5.39 Å². The summed E-state index contributed by atoms with van der Waals surface area (Å²) in [5.74, 6) is 0. The van der Waals surface area contributed by atoms with E-state index >= 15 is 0 Å². The van der Waals surface area contributed by atoms with Gasteiger partial charge in [-0.3, -0.25) is 0 Å². The Hall–Kier alpha value is -2.00. The van der Waals surface area contributed by atoms with Crippen LogP contribution in [-0.4, -0.2) is 5.16 Å².